The normalized spacial score (nSPS) is 14.2. The molecule has 17 heavy (non-hydrogen) atoms. The Morgan fingerprint density at radius 1 is 1.29 bits per heavy atom. The van der Waals surface area contributed by atoms with Crippen molar-refractivity contribution < 1.29 is 24.2 Å². The smallest absolute Gasteiger partial charge is 0.323 e. The molecule has 0 bridgehead atoms. The van der Waals surface area contributed by atoms with Crippen molar-refractivity contribution in [2.45, 2.75) is 45.8 Å². The van der Waals surface area contributed by atoms with Crippen LogP contribution < -0.4 is 5.73 Å². The lowest BCUT2D eigenvalue weighted by molar-refractivity contribution is -0.158. The van der Waals surface area contributed by atoms with Gasteiger partial charge < -0.3 is 15.6 Å². The largest absolute Gasteiger partial charge is 0.481 e. The highest BCUT2D eigenvalue weighted by atomic mass is 16.5. The van der Waals surface area contributed by atoms with Crippen LogP contribution in [0.25, 0.3) is 0 Å². The Labute approximate surface area is 100 Å². The molecule has 0 aliphatic heterocycles. The maximum atomic E-state index is 11.5. The second-order valence-corrected chi connectivity index (χ2v) is 4.24. The number of carbonyl (C=O) groups is 3. The zero-order chi connectivity index (χ0) is 13.6. The van der Waals surface area contributed by atoms with Crippen LogP contribution in [-0.2, 0) is 19.1 Å². The van der Waals surface area contributed by atoms with E-state index < -0.39 is 24.1 Å². The third kappa shape index (κ3) is 6.01. The Balaban J connectivity index is 4.39. The van der Waals surface area contributed by atoms with Crippen LogP contribution in [0.2, 0.25) is 0 Å². The molecule has 0 aliphatic carbocycles. The van der Waals surface area contributed by atoms with Crippen molar-refractivity contribution in [2.24, 2.45) is 11.7 Å². The molecular formula is C11H19NO5. The van der Waals surface area contributed by atoms with Gasteiger partial charge in [0.2, 0.25) is 0 Å². The quantitative estimate of drug-likeness (QED) is 0.626. The number of carboxylic acids is 1. The molecule has 6 heteroatoms. The number of Topliss-reactive ketones (excluding diaryl/α,β-unsaturated/α-hetero) is 1. The van der Waals surface area contributed by atoms with Gasteiger partial charge in [-0.1, -0.05) is 13.8 Å². The summed E-state index contributed by atoms with van der Waals surface area (Å²) in [6, 6.07) is -0.804. The number of hydrogen-bond donors (Lipinski definition) is 2. The predicted molar refractivity (Wildman–Crippen MR) is 60.2 cm³/mol. The third-order valence-corrected chi connectivity index (χ3v) is 2.32. The summed E-state index contributed by atoms with van der Waals surface area (Å²) in [6.45, 7) is 4.76. The van der Waals surface area contributed by atoms with E-state index in [1.807, 2.05) is 0 Å². The fourth-order valence-electron chi connectivity index (χ4n) is 1.09. The van der Waals surface area contributed by atoms with Gasteiger partial charge in [-0.15, -0.1) is 0 Å². The number of hydrogen-bond acceptors (Lipinski definition) is 5. The van der Waals surface area contributed by atoms with Crippen LogP contribution >= 0.6 is 0 Å². The van der Waals surface area contributed by atoms with Crippen molar-refractivity contribution in [3.8, 4) is 0 Å². The first-order valence-electron chi connectivity index (χ1n) is 5.44. The minimum atomic E-state index is -1.04. The Bertz CT molecular complexity index is 300. The summed E-state index contributed by atoms with van der Waals surface area (Å²) in [6.07, 6.45) is -1.28. The average Bonchev–Trinajstić information content (AvgIpc) is 2.21. The molecule has 0 saturated heterocycles. The van der Waals surface area contributed by atoms with Crippen molar-refractivity contribution in [3.63, 3.8) is 0 Å². The minimum Gasteiger partial charge on any atom is -0.481 e. The summed E-state index contributed by atoms with van der Waals surface area (Å²) in [5.74, 6) is -2.20. The van der Waals surface area contributed by atoms with Crippen LogP contribution in [0.3, 0.4) is 0 Å². The summed E-state index contributed by atoms with van der Waals surface area (Å²) in [5, 5.41) is 8.50. The molecule has 0 fully saturated rings. The zero-order valence-electron chi connectivity index (χ0n) is 10.3. The maximum absolute atomic E-state index is 11.5. The Morgan fingerprint density at radius 3 is 2.18 bits per heavy atom. The van der Waals surface area contributed by atoms with E-state index in [0.29, 0.717) is 0 Å². The molecular weight excluding hydrogens is 226 g/mol. The van der Waals surface area contributed by atoms with Gasteiger partial charge in [0, 0.05) is 12.8 Å². The van der Waals surface area contributed by atoms with Crippen LogP contribution in [0.1, 0.15) is 33.6 Å². The fourth-order valence-corrected chi connectivity index (χ4v) is 1.09. The van der Waals surface area contributed by atoms with Crippen LogP contribution in [-0.4, -0.2) is 35.0 Å². The number of ether oxygens (including phenoxy) is 1. The molecule has 0 amide bonds. The first-order chi connectivity index (χ1) is 7.75. The molecule has 0 aliphatic rings. The molecule has 98 valence electrons. The van der Waals surface area contributed by atoms with Gasteiger partial charge >= 0.3 is 11.9 Å². The van der Waals surface area contributed by atoms with Crippen LogP contribution in [0.15, 0.2) is 0 Å². The van der Waals surface area contributed by atoms with E-state index in [-0.39, 0.29) is 24.5 Å². The van der Waals surface area contributed by atoms with Gasteiger partial charge in [0.1, 0.15) is 6.04 Å². The van der Waals surface area contributed by atoms with Crippen LogP contribution in [0.4, 0.5) is 0 Å². The van der Waals surface area contributed by atoms with Gasteiger partial charge in [0.05, 0.1) is 0 Å². The predicted octanol–water partition coefficient (Wildman–Crippen LogP) is 0.335. The lowest BCUT2D eigenvalue weighted by atomic mass is 10.1. The van der Waals surface area contributed by atoms with E-state index in [2.05, 4.69) is 0 Å². The van der Waals surface area contributed by atoms with Gasteiger partial charge in [-0.2, -0.15) is 0 Å². The van der Waals surface area contributed by atoms with E-state index in [9.17, 15) is 14.4 Å². The second kappa shape index (κ2) is 7.01. The summed E-state index contributed by atoms with van der Waals surface area (Å²) in [4.78, 5) is 33.0. The molecule has 1 unspecified atom stereocenters. The van der Waals surface area contributed by atoms with Gasteiger partial charge in [-0.25, -0.2) is 0 Å². The van der Waals surface area contributed by atoms with E-state index in [1.54, 1.807) is 13.8 Å². The molecule has 0 rings (SSSR count). The van der Waals surface area contributed by atoms with Crippen LogP contribution in [0.5, 0.6) is 0 Å². The Morgan fingerprint density at radius 2 is 1.82 bits per heavy atom. The van der Waals surface area contributed by atoms with E-state index in [4.69, 9.17) is 15.6 Å². The molecule has 0 heterocycles. The SMILES string of the molecule is CC(=O)C(CCC(=O)O)OC(=O)[C@@H](N)C(C)C. The minimum absolute atomic E-state index is 0.0266. The highest BCUT2D eigenvalue weighted by Crippen LogP contribution is 2.08. The third-order valence-electron chi connectivity index (χ3n) is 2.32. The first-order valence-corrected chi connectivity index (χ1v) is 5.44. The molecule has 0 aromatic rings. The fraction of sp³-hybridized carbons (Fsp3) is 0.727. The zero-order valence-corrected chi connectivity index (χ0v) is 10.3. The van der Waals surface area contributed by atoms with Gasteiger partial charge in [-0.3, -0.25) is 14.4 Å². The summed E-state index contributed by atoms with van der Waals surface area (Å²) in [5.41, 5.74) is 5.56. The van der Waals surface area contributed by atoms with Crippen molar-refractivity contribution in [1.82, 2.24) is 0 Å². The first kappa shape index (κ1) is 15.6. The van der Waals surface area contributed by atoms with E-state index in [0.717, 1.165) is 0 Å². The van der Waals surface area contributed by atoms with Crippen molar-refractivity contribution >= 4 is 17.7 Å². The topological polar surface area (TPSA) is 107 Å². The number of esters is 1. The molecule has 2 atom stereocenters. The highest BCUT2D eigenvalue weighted by molar-refractivity contribution is 5.85. The average molecular weight is 245 g/mol. The molecule has 3 N–H and O–H groups in total. The monoisotopic (exact) mass is 245 g/mol. The van der Waals surface area contributed by atoms with Gasteiger partial charge in [-0.05, 0) is 12.8 Å². The van der Waals surface area contributed by atoms with Crippen molar-refractivity contribution in [3.05, 3.63) is 0 Å². The highest BCUT2D eigenvalue weighted by Gasteiger charge is 2.25. The van der Waals surface area contributed by atoms with Crippen molar-refractivity contribution in [2.75, 3.05) is 0 Å². The van der Waals surface area contributed by atoms with E-state index in [1.165, 1.54) is 6.92 Å². The Hall–Kier alpha value is -1.43. The number of ketones is 1. The summed E-state index contributed by atoms with van der Waals surface area (Å²) < 4.78 is 4.91. The van der Waals surface area contributed by atoms with Crippen LogP contribution in [0, 0.1) is 5.92 Å². The van der Waals surface area contributed by atoms with Gasteiger partial charge in [0.15, 0.2) is 11.9 Å². The molecule has 0 saturated carbocycles. The second-order valence-electron chi connectivity index (χ2n) is 4.24. The number of carbonyl (C=O) groups excluding carboxylic acids is 2. The lowest BCUT2D eigenvalue weighted by Gasteiger charge is -2.19. The molecule has 0 spiro atoms. The summed E-state index contributed by atoms with van der Waals surface area (Å²) >= 11 is 0. The van der Waals surface area contributed by atoms with Crippen molar-refractivity contribution in [1.29, 1.82) is 0 Å². The molecule has 0 radical (unpaired) electrons. The molecule has 0 aromatic carbocycles. The number of aliphatic carboxylic acids is 1. The number of nitrogens with two attached hydrogens (primary N) is 1. The number of carboxylic acid groups (broad SMARTS) is 1. The van der Waals surface area contributed by atoms with E-state index >= 15 is 0 Å². The van der Waals surface area contributed by atoms with Gasteiger partial charge in [0.25, 0.3) is 0 Å². The molecule has 0 aromatic heterocycles. The Kier molecular flexibility index (Phi) is 6.42. The molecule has 6 nitrogen and oxygen atoms in total. The summed E-state index contributed by atoms with van der Waals surface area (Å²) in [7, 11) is 0. The lowest BCUT2D eigenvalue weighted by Crippen LogP contribution is -2.40. The maximum Gasteiger partial charge on any atom is 0.323 e. The number of rotatable bonds is 7. The standard InChI is InChI=1S/C11H19NO5/c1-6(2)10(12)11(16)17-8(7(3)13)4-5-9(14)15/h6,8,10H,4-5,12H2,1-3H3,(H,14,15)/t8?,10-/m0/s1.